The van der Waals surface area contributed by atoms with Gasteiger partial charge in [0.25, 0.3) is 0 Å². The SMILES string of the molecule is CCCCCOC(=O)COC/C=C(\C)c1nn(C)c(C(F)(F)F)cc1=O. The van der Waals surface area contributed by atoms with Crippen LogP contribution in [0.5, 0.6) is 0 Å². The maximum absolute atomic E-state index is 12.7. The fourth-order valence-corrected chi connectivity index (χ4v) is 2.08. The van der Waals surface area contributed by atoms with Crippen molar-refractivity contribution in [1.82, 2.24) is 9.78 Å². The van der Waals surface area contributed by atoms with Crippen LogP contribution in [0.4, 0.5) is 13.2 Å². The molecule has 0 amide bonds. The van der Waals surface area contributed by atoms with Crippen molar-refractivity contribution in [3.8, 4) is 0 Å². The fourth-order valence-electron chi connectivity index (χ4n) is 2.08. The number of nitrogens with zero attached hydrogens (tertiary/aromatic N) is 2. The van der Waals surface area contributed by atoms with E-state index in [9.17, 15) is 22.8 Å². The van der Waals surface area contributed by atoms with E-state index in [0.717, 1.165) is 26.3 Å². The van der Waals surface area contributed by atoms with E-state index < -0.39 is 23.3 Å². The van der Waals surface area contributed by atoms with Gasteiger partial charge in [-0.15, -0.1) is 0 Å². The van der Waals surface area contributed by atoms with Crippen molar-refractivity contribution in [2.24, 2.45) is 7.05 Å². The minimum Gasteiger partial charge on any atom is -0.464 e. The summed E-state index contributed by atoms with van der Waals surface area (Å²) < 4.78 is 48.9. The molecule has 0 saturated carbocycles. The summed E-state index contributed by atoms with van der Waals surface area (Å²) in [4.78, 5) is 23.3. The molecule has 0 aliphatic rings. The highest BCUT2D eigenvalue weighted by Gasteiger charge is 2.34. The molecule has 0 aromatic carbocycles. The van der Waals surface area contributed by atoms with Crippen LogP contribution < -0.4 is 5.43 Å². The van der Waals surface area contributed by atoms with E-state index >= 15 is 0 Å². The summed E-state index contributed by atoms with van der Waals surface area (Å²) in [5, 5.41) is 3.68. The molecule has 1 aromatic rings. The molecule has 0 fully saturated rings. The number of ether oxygens (including phenoxy) is 2. The van der Waals surface area contributed by atoms with Crippen molar-refractivity contribution in [3.05, 3.63) is 33.8 Å². The van der Waals surface area contributed by atoms with E-state index in [1.807, 2.05) is 6.92 Å². The Labute approximate surface area is 149 Å². The van der Waals surface area contributed by atoms with E-state index in [1.54, 1.807) is 0 Å². The lowest BCUT2D eigenvalue weighted by Gasteiger charge is -2.12. The van der Waals surface area contributed by atoms with Crippen LogP contribution in [0.3, 0.4) is 0 Å². The third-order valence-corrected chi connectivity index (χ3v) is 3.50. The summed E-state index contributed by atoms with van der Waals surface area (Å²) >= 11 is 0. The highest BCUT2D eigenvalue weighted by atomic mass is 19.4. The maximum atomic E-state index is 12.7. The lowest BCUT2D eigenvalue weighted by atomic mass is 10.2. The summed E-state index contributed by atoms with van der Waals surface area (Å²) in [6, 6.07) is 0.508. The monoisotopic (exact) mass is 376 g/mol. The van der Waals surface area contributed by atoms with Gasteiger partial charge in [0.2, 0.25) is 5.43 Å². The number of esters is 1. The van der Waals surface area contributed by atoms with E-state index in [2.05, 4.69) is 5.10 Å². The van der Waals surface area contributed by atoms with E-state index in [0.29, 0.717) is 22.9 Å². The Hall–Kier alpha value is -2.16. The minimum atomic E-state index is -4.66. The van der Waals surface area contributed by atoms with Gasteiger partial charge in [0.15, 0.2) is 0 Å². The smallest absolute Gasteiger partial charge is 0.433 e. The molecular formula is C17H23F3N2O4. The van der Waals surface area contributed by atoms with Crippen molar-refractivity contribution >= 4 is 11.5 Å². The van der Waals surface area contributed by atoms with Crippen LogP contribution in [-0.2, 0) is 27.5 Å². The van der Waals surface area contributed by atoms with Crippen molar-refractivity contribution < 1.29 is 27.4 Å². The first kappa shape index (κ1) is 21.9. The topological polar surface area (TPSA) is 70.4 Å². The van der Waals surface area contributed by atoms with Gasteiger partial charge in [-0.3, -0.25) is 9.48 Å². The third-order valence-electron chi connectivity index (χ3n) is 3.50. The van der Waals surface area contributed by atoms with Crippen LogP contribution in [0, 0.1) is 0 Å². The van der Waals surface area contributed by atoms with Gasteiger partial charge in [-0.2, -0.15) is 18.3 Å². The molecule has 0 saturated heterocycles. The predicted molar refractivity (Wildman–Crippen MR) is 89.4 cm³/mol. The van der Waals surface area contributed by atoms with Gasteiger partial charge in [0.1, 0.15) is 18.0 Å². The Kier molecular flexibility index (Phi) is 8.50. The number of rotatable bonds is 9. The van der Waals surface area contributed by atoms with Crippen molar-refractivity contribution in [2.75, 3.05) is 19.8 Å². The lowest BCUT2D eigenvalue weighted by Crippen LogP contribution is -2.23. The Morgan fingerprint density at radius 3 is 2.65 bits per heavy atom. The number of hydrogen-bond donors (Lipinski definition) is 0. The number of aromatic nitrogens is 2. The Morgan fingerprint density at radius 1 is 1.35 bits per heavy atom. The van der Waals surface area contributed by atoms with Gasteiger partial charge in [-0.1, -0.05) is 25.8 Å². The van der Waals surface area contributed by atoms with E-state index in [1.165, 1.54) is 13.0 Å². The van der Waals surface area contributed by atoms with Crippen LogP contribution in [0.25, 0.3) is 5.57 Å². The molecule has 0 bridgehead atoms. The third kappa shape index (κ3) is 6.99. The molecule has 9 heteroatoms. The van der Waals surface area contributed by atoms with Crippen LogP contribution in [-0.4, -0.2) is 35.6 Å². The highest BCUT2D eigenvalue weighted by molar-refractivity contribution is 5.70. The average Bonchev–Trinajstić information content (AvgIpc) is 2.56. The second-order valence-electron chi connectivity index (χ2n) is 5.69. The van der Waals surface area contributed by atoms with Crippen LogP contribution >= 0.6 is 0 Å². The lowest BCUT2D eigenvalue weighted by molar-refractivity contribution is -0.148. The highest BCUT2D eigenvalue weighted by Crippen LogP contribution is 2.27. The number of hydrogen-bond acceptors (Lipinski definition) is 5. The number of carbonyl (C=O) groups is 1. The van der Waals surface area contributed by atoms with Crippen LogP contribution in [0.15, 0.2) is 16.9 Å². The number of unbranched alkanes of at least 4 members (excludes halogenated alkanes) is 2. The molecule has 146 valence electrons. The summed E-state index contributed by atoms with van der Waals surface area (Å²) in [7, 11) is 1.12. The van der Waals surface area contributed by atoms with Gasteiger partial charge in [0, 0.05) is 13.1 Å². The number of halogens is 3. The first-order valence-electron chi connectivity index (χ1n) is 8.22. The summed E-state index contributed by atoms with van der Waals surface area (Å²) in [6.45, 7) is 3.67. The Balaban J connectivity index is 2.59. The molecule has 0 spiro atoms. The molecule has 1 heterocycles. The summed E-state index contributed by atoms with van der Waals surface area (Å²) in [6.07, 6.45) is -0.385. The first-order valence-corrected chi connectivity index (χ1v) is 8.22. The van der Waals surface area contributed by atoms with Crippen molar-refractivity contribution in [3.63, 3.8) is 0 Å². The normalized spacial score (nSPS) is 12.3. The molecule has 0 aliphatic heterocycles. The predicted octanol–water partition coefficient (Wildman–Crippen LogP) is 2.95. The van der Waals surface area contributed by atoms with E-state index in [-0.39, 0.29) is 18.9 Å². The number of alkyl halides is 3. The molecular weight excluding hydrogens is 353 g/mol. The second kappa shape index (κ2) is 10.1. The van der Waals surface area contributed by atoms with Gasteiger partial charge in [-0.05, 0) is 18.9 Å². The van der Waals surface area contributed by atoms with Crippen LogP contribution in [0.2, 0.25) is 0 Å². The first-order chi connectivity index (χ1) is 12.2. The minimum absolute atomic E-state index is 0.00174. The second-order valence-corrected chi connectivity index (χ2v) is 5.69. The zero-order valence-electron chi connectivity index (χ0n) is 15.1. The van der Waals surface area contributed by atoms with Gasteiger partial charge in [0.05, 0.1) is 13.2 Å². The summed E-state index contributed by atoms with van der Waals surface area (Å²) in [5.41, 5.74) is -1.71. The number of allylic oxidation sites excluding steroid dienone is 1. The van der Waals surface area contributed by atoms with Gasteiger partial charge in [-0.25, -0.2) is 4.79 Å². The van der Waals surface area contributed by atoms with Crippen LogP contribution in [0.1, 0.15) is 44.5 Å². The molecule has 0 aliphatic carbocycles. The zero-order chi connectivity index (χ0) is 19.7. The van der Waals surface area contributed by atoms with E-state index in [4.69, 9.17) is 9.47 Å². The quantitative estimate of drug-likeness (QED) is 0.490. The van der Waals surface area contributed by atoms with Crippen molar-refractivity contribution in [1.29, 1.82) is 0 Å². The van der Waals surface area contributed by atoms with Crippen molar-refractivity contribution in [2.45, 2.75) is 39.3 Å². The molecule has 6 nitrogen and oxygen atoms in total. The molecule has 26 heavy (non-hydrogen) atoms. The number of aryl methyl sites for hydroxylation is 1. The standard InChI is InChI=1S/C17H23F3N2O4/c1-4-5-6-8-26-15(24)11-25-9-7-12(2)16-13(23)10-14(17(18,19)20)22(3)21-16/h7,10H,4-6,8-9,11H2,1-3H3/b12-7+. The molecule has 0 atom stereocenters. The molecule has 0 radical (unpaired) electrons. The Morgan fingerprint density at radius 2 is 2.04 bits per heavy atom. The fraction of sp³-hybridized carbons (Fsp3) is 0.588. The molecule has 0 N–H and O–H groups in total. The zero-order valence-corrected chi connectivity index (χ0v) is 15.1. The largest absolute Gasteiger partial charge is 0.464 e. The number of carbonyl (C=O) groups excluding carboxylic acids is 1. The average molecular weight is 376 g/mol. The molecule has 1 rings (SSSR count). The van der Waals surface area contributed by atoms with Gasteiger partial charge >= 0.3 is 12.1 Å². The molecule has 1 aromatic heterocycles. The Bertz CT molecular complexity index is 696. The summed E-state index contributed by atoms with van der Waals surface area (Å²) in [5.74, 6) is -0.490. The molecule has 0 unspecified atom stereocenters. The van der Waals surface area contributed by atoms with Gasteiger partial charge < -0.3 is 9.47 Å². The maximum Gasteiger partial charge on any atom is 0.433 e.